The van der Waals surface area contributed by atoms with E-state index in [0.29, 0.717) is 26.3 Å². The minimum atomic E-state index is -0.222. The predicted octanol–water partition coefficient (Wildman–Crippen LogP) is 2.68. The molecule has 1 saturated heterocycles. The van der Waals surface area contributed by atoms with Gasteiger partial charge >= 0.3 is 0 Å². The van der Waals surface area contributed by atoms with Crippen LogP contribution in [0.5, 0.6) is 5.75 Å². The molecule has 0 aliphatic carbocycles. The maximum atomic E-state index is 13.1. The minimum absolute atomic E-state index is 0.0191. The standard InChI is InChI=1S/C23H30FN3O3/c1-29-15-16-30-22-9-3-19(4-10-22)17-25-23(28)18-26-11-2-12-27(14-13-26)21-7-5-20(24)6-8-21/h3-10H,2,11-18H2,1H3,(H,25,28). The van der Waals surface area contributed by atoms with Crippen LogP contribution in [0, 0.1) is 5.82 Å². The molecule has 162 valence electrons. The van der Waals surface area contributed by atoms with Gasteiger partial charge in [-0.15, -0.1) is 0 Å². The third-order valence-corrected chi connectivity index (χ3v) is 5.12. The van der Waals surface area contributed by atoms with Gasteiger partial charge in [0.2, 0.25) is 5.91 Å². The number of methoxy groups -OCH3 is 1. The maximum Gasteiger partial charge on any atom is 0.234 e. The molecular formula is C23H30FN3O3. The first-order chi connectivity index (χ1) is 14.6. The number of anilines is 1. The zero-order valence-electron chi connectivity index (χ0n) is 17.5. The number of halogens is 1. The van der Waals surface area contributed by atoms with E-state index in [-0.39, 0.29) is 11.7 Å². The van der Waals surface area contributed by atoms with E-state index >= 15 is 0 Å². The first-order valence-electron chi connectivity index (χ1n) is 10.3. The molecule has 0 saturated carbocycles. The van der Waals surface area contributed by atoms with Crippen LogP contribution in [0.15, 0.2) is 48.5 Å². The highest BCUT2D eigenvalue weighted by atomic mass is 19.1. The average molecular weight is 416 g/mol. The van der Waals surface area contributed by atoms with E-state index in [2.05, 4.69) is 15.1 Å². The molecule has 7 heteroatoms. The summed E-state index contributed by atoms with van der Waals surface area (Å²) >= 11 is 0. The fourth-order valence-electron chi connectivity index (χ4n) is 3.45. The van der Waals surface area contributed by atoms with Gasteiger partial charge < -0.3 is 19.7 Å². The zero-order chi connectivity index (χ0) is 21.2. The minimum Gasteiger partial charge on any atom is -0.491 e. The Morgan fingerprint density at radius 1 is 1.00 bits per heavy atom. The van der Waals surface area contributed by atoms with Gasteiger partial charge in [0.25, 0.3) is 0 Å². The molecular weight excluding hydrogens is 385 g/mol. The first kappa shape index (κ1) is 22.1. The van der Waals surface area contributed by atoms with E-state index in [1.54, 1.807) is 7.11 Å². The Morgan fingerprint density at radius 3 is 2.50 bits per heavy atom. The number of rotatable bonds is 9. The summed E-state index contributed by atoms with van der Waals surface area (Å²) in [5.74, 6) is 0.586. The second-order valence-electron chi connectivity index (χ2n) is 7.36. The van der Waals surface area contributed by atoms with Crippen LogP contribution >= 0.6 is 0 Å². The van der Waals surface area contributed by atoms with Crippen LogP contribution in [0.25, 0.3) is 0 Å². The van der Waals surface area contributed by atoms with Gasteiger partial charge in [-0.1, -0.05) is 12.1 Å². The number of carbonyl (C=O) groups is 1. The number of nitrogens with one attached hydrogen (secondary N) is 1. The van der Waals surface area contributed by atoms with Crippen molar-refractivity contribution in [1.82, 2.24) is 10.2 Å². The SMILES string of the molecule is COCCOc1ccc(CNC(=O)CN2CCCN(c3ccc(F)cc3)CC2)cc1. The van der Waals surface area contributed by atoms with Crippen LogP contribution in [-0.4, -0.2) is 63.9 Å². The lowest BCUT2D eigenvalue weighted by Crippen LogP contribution is -2.39. The summed E-state index contributed by atoms with van der Waals surface area (Å²) < 4.78 is 23.6. The molecule has 0 bridgehead atoms. The van der Waals surface area contributed by atoms with Crippen molar-refractivity contribution in [3.05, 3.63) is 59.9 Å². The third kappa shape index (κ3) is 7.00. The van der Waals surface area contributed by atoms with E-state index in [1.807, 2.05) is 36.4 Å². The van der Waals surface area contributed by atoms with Gasteiger partial charge in [0.05, 0.1) is 13.2 Å². The summed E-state index contributed by atoms with van der Waals surface area (Å²) in [6.07, 6.45) is 0.967. The van der Waals surface area contributed by atoms with Crippen molar-refractivity contribution in [3.8, 4) is 5.75 Å². The Kier molecular flexibility index (Phi) is 8.47. The molecule has 0 unspecified atom stereocenters. The van der Waals surface area contributed by atoms with Crippen molar-refractivity contribution in [1.29, 1.82) is 0 Å². The molecule has 3 rings (SSSR count). The van der Waals surface area contributed by atoms with Gasteiger partial charge in [0.1, 0.15) is 18.2 Å². The lowest BCUT2D eigenvalue weighted by atomic mass is 10.2. The van der Waals surface area contributed by atoms with Crippen molar-refractivity contribution in [2.75, 3.05) is 57.9 Å². The van der Waals surface area contributed by atoms with Crippen LogP contribution in [0.1, 0.15) is 12.0 Å². The second kappa shape index (κ2) is 11.5. The van der Waals surface area contributed by atoms with E-state index < -0.39 is 0 Å². The van der Waals surface area contributed by atoms with Crippen LogP contribution in [0.2, 0.25) is 0 Å². The molecule has 1 amide bonds. The Bertz CT molecular complexity index is 783. The van der Waals surface area contributed by atoms with Gasteiger partial charge in [-0.05, 0) is 48.4 Å². The summed E-state index contributed by atoms with van der Waals surface area (Å²) in [6, 6.07) is 14.3. The number of nitrogens with zero attached hydrogens (tertiary/aromatic N) is 2. The Hall–Kier alpha value is -2.64. The van der Waals surface area contributed by atoms with E-state index in [0.717, 1.165) is 49.6 Å². The molecule has 1 fully saturated rings. The van der Waals surface area contributed by atoms with Gasteiger partial charge in [-0.3, -0.25) is 9.69 Å². The molecule has 6 nitrogen and oxygen atoms in total. The summed E-state index contributed by atoms with van der Waals surface area (Å²) in [5, 5.41) is 2.99. The molecule has 0 aromatic heterocycles. The fourth-order valence-corrected chi connectivity index (χ4v) is 3.45. The summed E-state index contributed by atoms with van der Waals surface area (Å²) in [7, 11) is 1.64. The molecule has 1 aliphatic heterocycles. The van der Waals surface area contributed by atoms with Crippen molar-refractivity contribution in [2.24, 2.45) is 0 Å². The summed E-state index contributed by atoms with van der Waals surface area (Å²) in [4.78, 5) is 16.8. The molecule has 0 radical (unpaired) electrons. The molecule has 0 spiro atoms. The highest BCUT2D eigenvalue weighted by Gasteiger charge is 2.17. The molecule has 1 aliphatic rings. The Balaban J connectivity index is 1.40. The number of ether oxygens (including phenoxy) is 2. The highest BCUT2D eigenvalue weighted by Crippen LogP contribution is 2.17. The number of hydrogen-bond acceptors (Lipinski definition) is 5. The third-order valence-electron chi connectivity index (χ3n) is 5.12. The molecule has 30 heavy (non-hydrogen) atoms. The Morgan fingerprint density at radius 2 is 1.77 bits per heavy atom. The lowest BCUT2D eigenvalue weighted by Gasteiger charge is -2.23. The average Bonchev–Trinajstić information content (AvgIpc) is 2.99. The quantitative estimate of drug-likeness (QED) is 0.639. The lowest BCUT2D eigenvalue weighted by molar-refractivity contribution is -0.122. The molecule has 0 atom stereocenters. The number of hydrogen-bond donors (Lipinski definition) is 1. The smallest absolute Gasteiger partial charge is 0.234 e. The van der Waals surface area contributed by atoms with Gasteiger partial charge in [0, 0.05) is 45.5 Å². The van der Waals surface area contributed by atoms with Crippen LogP contribution < -0.4 is 15.0 Å². The maximum absolute atomic E-state index is 13.1. The highest BCUT2D eigenvalue weighted by molar-refractivity contribution is 5.78. The molecule has 1 N–H and O–H groups in total. The van der Waals surface area contributed by atoms with E-state index in [9.17, 15) is 9.18 Å². The largest absolute Gasteiger partial charge is 0.491 e. The van der Waals surface area contributed by atoms with E-state index in [1.165, 1.54) is 12.1 Å². The normalized spacial score (nSPS) is 14.9. The van der Waals surface area contributed by atoms with Crippen LogP contribution in [0.4, 0.5) is 10.1 Å². The zero-order valence-corrected chi connectivity index (χ0v) is 17.5. The van der Waals surface area contributed by atoms with Crippen LogP contribution in [-0.2, 0) is 16.1 Å². The van der Waals surface area contributed by atoms with E-state index in [4.69, 9.17) is 9.47 Å². The van der Waals surface area contributed by atoms with Crippen LogP contribution in [0.3, 0.4) is 0 Å². The number of carbonyl (C=O) groups excluding carboxylic acids is 1. The summed E-state index contributed by atoms with van der Waals surface area (Å²) in [6.45, 7) is 5.35. The summed E-state index contributed by atoms with van der Waals surface area (Å²) in [5.41, 5.74) is 2.05. The van der Waals surface area contributed by atoms with Gasteiger partial charge in [-0.2, -0.15) is 0 Å². The first-order valence-corrected chi connectivity index (χ1v) is 10.3. The topological polar surface area (TPSA) is 54.0 Å². The predicted molar refractivity (Wildman–Crippen MR) is 115 cm³/mol. The van der Waals surface area contributed by atoms with Gasteiger partial charge in [-0.25, -0.2) is 4.39 Å². The second-order valence-corrected chi connectivity index (χ2v) is 7.36. The van der Waals surface area contributed by atoms with Crippen molar-refractivity contribution < 1.29 is 18.7 Å². The Labute approximate surface area is 177 Å². The van der Waals surface area contributed by atoms with Crippen molar-refractivity contribution >= 4 is 11.6 Å². The van der Waals surface area contributed by atoms with Crippen molar-refractivity contribution in [3.63, 3.8) is 0 Å². The van der Waals surface area contributed by atoms with Gasteiger partial charge in [0.15, 0.2) is 0 Å². The number of amides is 1. The molecule has 2 aromatic rings. The molecule has 2 aromatic carbocycles. The van der Waals surface area contributed by atoms with Crippen molar-refractivity contribution in [2.45, 2.75) is 13.0 Å². The fraction of sp³-hybridized carbons (Fsp3) is 0.435. The number of benzene rings is 2. The molecule has 1 heterocycles. The monoisotopic (exact) mass is 415 g/mol.